The molecule has 0 aliphatic rings. The number of hydrogen-bond donors (Lipinski definition) is 13. The maximum absolute atomic E-state index is 14.0. The Morgan fingerprint density at radius 1 is 0.625 bits per heavy atom. The van der Waals surface area contributed by atoms with Crippen molar-refractivity contribution in [3.05, 3.63) is 35.9 Å². The van der Waals surface area contributed by atoms with Crippen molar-refractivity contribution >= 4 is 65.2 Å². The highest BCUT2D eigenvalue weighted by molar-refractivity contribution is 6.31. The van der Waals surface area contributed by atoms with Crippen LogP contribution in [-0.4, -0.2) is 146 Å². The second kappa shape index (κ2) is 27.4. The maximum Gasteiger partial charge on any atom is 0.394 e. The van der Waals surface area contributed by atoms with Gasteiger partial charge < -0.3 is 68.5 Å². The van der Waals surface area contributed by atoms with E-state index < -0.39 is 139 Å². The van der Waals surface area contributed by atoms with Gasteiger partial charge in [0.15, 0.2) is 6.10 Å². The summed E-state index contributed by atoms with van der Waals surface area (Å²) in [5.74, 6) is -14.2. The number of nitrogens with one attached hydrogen (secondary N) is 7. The molecule has 24 nitrogen and oxygen atoms in total. The van der Waals surface area contributed by atoms with Gasteiger partial charge in [-0.15, -0.1) is 0 Å². The smallest absolute Gasteiger partial charge is 0.394 e. The van der Waals surface area contributed by atoms with Gasteiger partial charge in [0.2, 0.25) is 29.5 Å². The van der Waals surface area contributed by atoms with Gasteiger partial charge in [0.25, 0.3) is 5.91 Å². The minimum absolute atomic E-state index is 0.0137. The Kier molecular flexibility index (Phi) is 23.7. The van der Waals surface area contributed by atoms with E-state index in [4.69, 9.17) is 15.9 Å². The summed E-state index contributed by atoms with van der Waals surface area (Å²) in [6.07, 6.45) is -4.35. The van der Waals surface area contributed by atoms with Gasteiger partial charge in [-0.3, -0.25) is 43.2 Å². The molecular formula is C40H60N8O16. The number of benzene rings is 1. The lowest BCUT2D eigenvalue weighted by atomic mass is 9.97. The number of carbonyl (C=O) groups is 11. The van der Waals surface area contributed by atoms with E-state index in [1.807, 2.05) is 0 Å². The highest BCUT2D eigenvalue weighted by Gasteiger charge is 2.36. The zero-order valence-electron chi connectivity index (χ0n) is 36.1. The molecule has 0 fully saturated rings. The summed E-state index contributed by atoms with van der Waals surface area (Å²) in [7, 11) is 0. The first-order valence-electron chi connectivity index (χ1n) is 20.3. The van der Waals surface area contributed by atoms with Gasteiger partial charge in [-0.2, -0.15) is 0 Å². The van der Waals surface area contributed by atoms with Crippen molar-refractivity contribution in [1.82, 2.24) is 37.2 Å². The second-order valence-electron chi connectivity index (χ2n) is 15.7. The van der Waals surface area contributed by atoms with E-state index in [0.29, 0.717) is 5.56 Å². The highest BCUT2D eigenvalue weighted by Crippen LogP contribution is 2.13. The lowest BCUT2D eigenvalue weighted by Crippen LogP contribution is -2.61. The van der Waals surface area contributed by atoms with E-state index >= 15 is 0 Å². The van der Waals surface area contributed by atoms with Gasteiger partial charge in [-0.05, 0) is 56.4 Å². The lowest BCUT2D eigenvalue weighted by molar-refractivity contribution is -0.150. The summed E-state index contributed by atoms with van der Waals surface area (Å²) in [6, 6.07) is -2.05. The molecule has 0 spiro atoms. The third-order valence-corrected chi connectivity index (χ3v) is 9.40. The largest absolute Gasteiger partial charge is 0.481 e. The van der Waals surface area contributed by atoms with Crippen LogP contribution in [-0.2, 0) is 59.2 Å². The van der Waals surface area contributed by atoms with Crippen LogP contribution in [0.25, 0.3) is 0 Å². The van der Waals surface area contributed by atoms with Gasteiger partial charge >= 0.3 is 29.8 Å². The zero-order valence-corrected chi connectivity index (χ0v) is 36.1. The Labute approximate surface area is 368 Å². The number of carboxylic acids is 4. The quantitative estimate of drug-likeness (QED) is 0.0293. The molecule has 7 amide bonds. The summed E-state index contributed by atoms with van der Waals surface area (Å²) < 4.78 is 0. The van der Waals surface area contributed by atoms with Crippen molar-refractivity contribution in [2.75, 3.05) is 6.54 Å². The Hall–Kier alpha value is -6.69. The fraction of sp³-hybridized carbons (Fsp3) is 0.575. The normalized spacial score (nSPS) is 14.8. The summed E-state index contributed by atoms with van der Waals surface area (Å²) in [5.41, 5.74) is 6.49. The average Bonchev–Trinajstić information content (AvgIpc) is 3.20. The van der Waals surface area contributed by atoms with Gasteiger partial charge in [0, 0.05) is 13.0 Å². The Morgan fingerprint density at radius 2 is 1.20 bits per heavy atom. The van der Waals surface area contributed by atoms with Crippen molar-refractivity contribution in [2.24, 2.45) is 17.6 Å². The van der Waals surface area contributed by atoms with Crippen LogP contribution >= 0.6 is 0 Å². The molecule has 0 saturated carbocycles. The van der Waals surface area contributed by atoms with Crippen LogP contribution in [0.2, 0.25) is 0 Å². The average molecular weight is 909 g/mol. The first-order valence-corrected chi connectivity index (χ1v) is 20.3. The predicted molar refractivity (Wildman–Crippen MR) is 222 cm³/mol. The number of amides is 7. The molecule has 1 rings (SSSR count). The fourth-order valence-electron chi connectivity index (χ4n) is 5.91. The number of aliphatic hydroxyl groups excluding tert-OH is 1. The summed E-state index contributed by atoms with van der Waals surface area (Å²) in [5, 5.41) is 64.0. The number of hydrogen-bond acceptors (Lipinski definition) is 13. The van der Waals surface area contributed by atoms with Crippen molar-refractivity contribution in [1.29, 1.82) is 0 Å². The molecule has 1 aromatic rings. The van der Waals surface area contributed by atoms with E-state index in [-0.39, 0.29) is 38.1 Å². The SMILES string of the molecule is CC(C)C[C@H](NC(=O)[C@@H](NC(=O)[C@@H](N)CCCNC(=O)C(=O)O)C(C)C)C(=O)N[C@@H](Cc1ccccc1)[C@@H](O)C(=O)N[C@@H](CC(=O)O)C(=O)N[C@@H](C)C(=O)N[C@@H](CCC(=O)O)C(=O)O. The highest BCUT2D eigenvalue weighted by atomic mass is 16.4. The molecule has 1 aromatic carbocycles. The molecule has 0 heterocycles. The molecule has 0 aromatic heterocycles. The Morgan fingerprint density at radius 3 is 1.73 bits per heavy atom. The van der Waals surface area contributed by atoms with Crippen LogP contribution in [0, 0.1) is 11.8 Å². The number of rotatable bonds is 28. The van der Waals surface area contributed by atoms with Gasteiger partial charge in [-0.1, -0.05) is 58.0 Å². The standard InChI is InChI=1S/C40H60N8O16/c1-19(2)16-26(46-36(58)30(20(3)4)48-33(55)23(41)12-9-15-42-38(60)40(63)64)35(57)45-25(17-22-10-7-6-8-11-22)31(53)37(59)47-27(18-29(51)52)34(56)43-21(5)32(54)44-24(39(61)62)13-14-28(49)50/h6-8,10-11,19-21,23-27,30-31,53H,9,12-18,41H2,1-5H3,(H,42,60)(H,43,56)(H,44,54)(H,45,57)(H,46,58)(H,47,59)(H,48,55)(H,49,50)(H,51,52)(H,61,62)(H,63,64)/t21-,23-,24-,25-,26-,27-,30-,31+/m0/s1. The van der Waals surface area contributed by atoms with Crippen LogP contribution in [0.15, 0.2) is 30.3 Å². The zero-order chi connectivity index (χ0) is 48.8. The molecule has 0 aliphatic heterocycles. The van der Waals surface area contributed by atoms with Crippen LogP contribution in [0.5, 0.6) is 0 Å². The molecule has 8 atom stereocenters. The molecule has 14 N–H and O–H groups in total. The van der Waals surface area contributed by atoms with Crippen LogP contribution in [0.3, 0.4) is 0 Å². The number of carbonyl (C=O) groups excluding carboxylic acids is 7. The molecule has 356 valence electrons. The molecular weight excluding hydrogens is 848 g/mol. The summed E-state index contributed by atoms with van der Waals surface area (Å²) in [6.45, 7) is 7.76. The lowest BCUT2D eigenvalue weighted by Gasteiger charge is -2.30. The van der Waals surface area contributed by atoms with E-state index in [9.17, 15) is 68.1 Å². The molecule has 0 radical (unpaired) electrons. The van der Waals surface area contributed by atoms with E-state index in [2.05, 4.69) is 37.2 Å². The topological polar surface area (TPSA) is 399 Å². The summed E-state index contributed by atoms with van der Waals surface area (Å²) in [4.78, 5) is 136. The van der Waals surface area contributed by atoms with Crippen molar-refractivity contribution < 1.29 is 78.3 Å². The number of aliphatic hydroxyl groups is 1. The van der Waals surface area contributed by atoms with Crippen molar-refractivity contribution in [3.63, 3.8) is 0 Å². The van der Waals surface area contributed by atoms with Crippen LogP contribution in [0.4, 0.5) is 0 Å². The second-order valence-corrected chi connectivity index (χ2v) is 15.7. The molecule has 0 saturated heterocycles. The number of nitrogens with two attached hydrogens (primary N) is 1. The van der Waals surface area contributed by atoms with Crippen molar-refractivity contribution in [3.8, 4) is 0 Å². The van der Waals surface area contributed by atoms with E-state index in [0.717, 1.165) is 6.92 Å². The van der Waals surface area contributed by atoms with Crippen LogP contribution in [0.1, 0.15) is 78.7 Å². The molecule has 0 bridgehead atoms. The minimum atomic E-state index is -2.17. The number of aliphatic carboxylic acids is 4. The molecule has 0 aliphatic carbocycles. The maximum atomic E-state index is 14.0. The van der Waals surface area contributed by atoms with Gasteiger partial charge in [0.1, 0.15) is 30.2 Å². The monoisotopic (exact) mass is 908 g/mol. The predicted octanol–water partition coefficient (Wildman–Crippen LogP) is -3.05. The van der Waals surface area contributed by atoms with Gasteiger partial charge in [-0.25, -0.2) is 9.59 Å². The Bertz CT molecular complexity index is 1830. The molecule has 24 heteroatoms. The first-order chi connectivity index (χ1) is 29.8. The fourth-order valence-corrected chi connectivity index (χ4v) is 5.91. The van der Waals surface area contributed by atoms with Crippen LogP contribution < -0.4 is 43.0 Å². The first kappa shape index (κ1) is 55.3. The number of carboxylic acid groups (broad SMARTS) is 4. The van der Waals surface area contributed by atoms with E-state index in [1.54, 1.807) is 58.0 Å². The minimum Gasteiger partial charge on any atom is -0.481 e. The van der Waals surface area contributed by atoms with Crippen molar-refractivity contribution in [2.45, 2.75) is 128 Å². The third kappa shape index (κ3) is 20.5. The Balaban J connectivity index is 3.27. The van der Waals surface area contributed by atoms with E-state index in [1.165, 1.54) is 0 Å². The molecule has 64 heavy (non-hydrogen) atoms. The summed E-state index contributed by atoms with van der Waals surface area (Å²) >= 11 is 0. The third-order valence-electron chi connectivity index (χ3n) is 9.40. The van der Waals surface area contributed by atoms with Gasteiger partial charge in [0.05, 0.1) is 18.5 Å². The molecule has 0 unspecified atom stereocenters.